The molecule has 4 nitrogen and oxygen atoms in total. The Morgan fingerprint density at radius 3 is 2.58 bits per heavy atom. The third-order valence-corrected chi connectivity index (χ3v) is 3.85. The molecule has 1 heterocycles. The highest BCUT2D eigenvalue weighted by Gasteiger charge is 2.15. The number of rotatable bonds is 5. The lowest BCUT2D eigenvalue weighted by atomic mass is 10.1. The molecule has 3 rings (SSSR count). The summed E-state index contributed by atoms with van der Waals surface area (Å²) in [7, 11) is 0. The lowest BCUT2D eigenvalue weighted by molar-refractivity contribution is 0.193. The maximum atomic E-state index is 13.5. The maximum absolute atomic E-state index is 13.5. The molecule has 0 spiro atoms. The van der Waals surface area contributed by atoms with Gasteiger partial charge in [-0.3, -0.25) is 0 Å². The molecule has 124 valence electrons. The summed E-state index contributed by atoms with van der Waals surface area (Å²) < 4.78 is 15.5. The second kappa shape index (κ2) is 6.84. The number of nitrogens with zero attached hydrogens (tertiary/aromatic N) is 2. The van der Waals surface area contributed by atoms with E-state index in [0.717, 1.165) is 17.0 Å². The van der Waals surface area contributed by atoms with Crippen molar-refractivity contribution in [3.8, 4) is 17.0 Å². The first-order valence-electron chi connectivity index (χ1n) is 7.79. The summed E-state index contributed by atoms with van der Waals surface area (Å²) >= 11 is 0. The molecule has 5 heteroatoms. The Morgan fingerprint density at radius 2 is 1.92 bits per heavy atom. The van der Waals surface area contributed by atoms with Gasteiger partial charge in [-0.15, -0.1) is 0 Å². The number of aliphatic hydroxyl groups excluding tert-OH is 1. The second-order valence-corrected chi connectivity index (χ2v) is 5.87. The second-order valence-electron chi connectivity index (χ2n) is 5.87. The van der Waals surface area contributed by atoms with E-state index < -0.39 is 11.9 Å². The fourth-order valence-electron chi connectivity index (χ4n) is 2.72. The average Bonchev–Trinajstić information content (AvgIpc) is 2.94. The molecule has 1 aromatic heterocycles. The van der Waals surface area contributed by atoms with Crippen molar-refractivity contribution >= 4 is 0 Å². The fourth-order valence-corrected chi connectivity index (χ4v) is 2.72. The predicted molar refractivity (Wildman–Crippen MR) is 90.2 cm³/mol. The molecule has 0 radical (unpaired) electrons. The minimum absolute atomic E-state index is 0.362. The number of hydrogen-bond donors (Lipinski definition) is 2. The number of phenols is 1. The SMILES string of the molecule is CC(O)Cc1c(-c2ccccc2)ncn1Cc1ccc(O)c(F)c1. The summed E-state index contributed by atoms with van der Waals surface area (Å²) in [5.74, 6) is -1.01. The van der Waals surface area contributed by atoms with Crippen LogP contribution in [0.25, 0.3) is 11.3 Å². The zero-order chi connectivity index (χ0) is 17.1. The van der Waals surface area contributed by atoms with E-state index in [0.29, 0.717) is 18.5 Å². The van der Waals surface area contributed by atoms with Crippen LogP contribution in [-0.2, 0) is 13.0 Å². The number of halogens is 1. The number of hydrogen-bond acceptors (Lipinski definition) is 3. The molecule has 1 unspecified atom stereocenters. The van der Waals surface area contributed by atoms with Crippen molar-refractivity contribution in [3.05, 3.63) is 71.9 Å². The van der Waals surface area contributed by atoms with Crippen molar-refractivity contribution in [2.24, 2.45) is 0 Å². The van der Waals surface area contributed by atoms with Crippen molar-refractivity contribution in [1.29, 1.82) is 0 Å². The third-order valence-electron chi connectivity index (χ3n) is 3.85. The average molecular weight is 326 g/mol. The number of imidazole rings is 1. The van der Waals surface area contributed by atoms with Crippen molar-refractivity contribution in [2.75, 3.05) is 0 Å². The van der Waals surface area contributed by atoms with Gasteiger partial charge in [-0.05, 0) is 24.6 Å². The fraction of sp³-hybridized carbons (Fsp3) is 0.211. The molecule has 0 amide bonds. The molecule has 0 saturated heterocycles. The van der Waals surface area contributed by atoms with Crippen molar-refractivity contribution in [2.45, 2.75) is 26.0 Å². The van der Waals surface area contributed by atoms with Gasteiger partial charge in [0.1, 0.15) is 0 Å². The Kier molecular flexibility index (Phi) is 4.62. The van der Waals surface area contributed by atoms with Gasteiger partial charge >= 0.3 is 0 Å². The molecule has 0 aliphatic carbocycles. The van der Waals surface area contributed by atoms with Crippen LogP contribution in [0, 0.1) is 5.82 Å². The molecule has 1 atom stereocenters. The minimum atomic E-state index is -0.645. The summed E-state index contributed by atoms with van der Waals surface area (Å²) in [4.78, 5) is 4.48. The minimum Gasteiger partial charge on any atom is -0.505 e. The summed E-state index contributed by atoms with van der Waals surface area (Å²) in [6, 6.07) is 14.1. The quantitative estimate of drug-likeness (QED) is 0.756. The highest BCUT2D eigenvalue weighted by Crippen LogP contribution is 2.25. The van der Waals surface area contributed by atoms with Crippen LogP contribution in [0.4, 0.5) is 4.39 Å². The van der Waals surface area contributed by atoms with E-state index in [9.17, 15) is 14.6 Å². The smallest absolute Gasteiger partial charge is 0.165 e. The topological polar surface area (TPSA) is 58.3 Å². The van der Waals surface area contributed by atoms with Gasteiger partial charge in [-0.25, -0.2) is 9.37 Å². The molecule has 3 aromatic rings. The van der Waals surface area contributed by atoms with Crippen LogP contribution in [0.1, 0.15) is 18.2 Å². The van der Waals surface area contributed by atoms with Crippen molar-refractivity contribution in [1.82, 2.24) is 9.55 Å². The van der Waals surface area contributed by atoms with Crippen molar-refractivity contribution in [3.63, 3.8) is 0 Å². The Balaban J connectivity index is 1.98. The van der Waals surface area contributed by atoms with E-state index in [-0.39, 0.29) is 5.75 Å². The molecule has 0 aliphatic heterocycles. The lowest BCUT2D eigenvalue weighted by Gasteiger charge is -2.12. The first kappa shape index (κ1) is 16.2. The summed E-state index contributed by atoms with van der Waals surface area (Å²) in [5.41, 5.74) is 3.40. The Bertz CT molecular complexity index is 829. The molecular weight excluding hydrogens is 307 g/mol. The number of aromatic nitrogens is 2. The van der Waals surface area contributed by atoms with E-state index in [2.05, 4.69) is 4.98 Å². The number of phenolic OH excluding ortho intramolecular Hbond substituents is 1. The monoisotopic (exact) mass is 326 g/mol. The molecule has 2 N–H and O–H groups in total. The number of aliphatic hydroxyl groups is 1. The largest absolute Gasteiger partial charge is 0.505 e. The van der Waals surface area contributed by atoms with E-state index >= 15 is 0 Å². The van der Waals surface area contributed by atoms with Gasteiger partial charge in [0.2, 0.25) is 0 Å². The zero-order valence-electron chi connectivity index (χ0n) is 13.4. The molecule has 0 bridgehead atoms. The first-order valence-corrected chi connectivity index (χ1v) is 7.79. The van der Waals surface area contributed by atoms with Crippen LogP contribution in [-0.4, -0.2) is 25.9 Å². The van der Waals surface area contributed by atoms with Crippen LogP contribution in [0.15, 0.2) is 54.9 Å². The van der Waals surface area contributed by atoms with Crippen LogP contribution >= 0.6 is 0 Å². The Hall–Kier alpha value is -2.66. The van der Waals surface area contributed by atoms with E-state index in [4.69, 9.17) is 0 Å². The Morgan fingerprint density at radius 1 is 1.17 bits per heavy atom. The van der Waals surface area contributed by atoms with Crippen molar-refractivity contribution < 1.29 is 14.6 Å². The van der Waals surface area contributed by atoms with Crippen LogP contribution in [0.2, 0.25) is 0 Å². The molecule has 24 heavy (non-hydrogen) atoms. The zero-order valence-corrected chi connectivity index (χ0v) is 13.4. The maximum Gasteiger partial charge on any atom is 0.165 e. The van der Waals surface area contributed by atoms with E-state index in [1.165, 1.54) is 12.1 Å². The summed E-state index contributed by atoms with van der Waals surface area (Å²) in [6.07, 6.45) is 1.63. The number of aromatic hydroxyl groups is 1. The van der Waals surface area contributed by atoms with Gasteiger partial charge in [-0.2, -0.15) is 0 Å². The highest BCUT2D eigenvalue weighted by atomic mass is 19.1. The van der Waals surface area contributed by atoms with Gasteiger partial charge in [0.25, 0.3) is 0 Å². The Labute approximate surface area is 139 Å². The number of benzene rings is 2. The van der Waals surface area contributed by atoms with Gasteiger partial charge in [0, 0.05) is 24.2 Å². The third kappa shape index (κ3) is 3.46. The molecule has 0 aliphatic rings. The molecule has 0 fully saturated rings. The lowest BCUT2D eigenvalue weighted by Crippen LogP contribution is -2.11. The predicted octanol–water partition coefficient (Wildman–Crippen LogP) is 3.37. The molecular formula is C19H19FN2O2. The van der Waals surface area contributed by atoms with Gasteiger partial charge in [0.05, 0.1) is 18.1 Å². The standard InChI is InChI=1S/C19H19FN2O2/c1-13(23)9-17-19(15-5-3-2-4-6-15)21-12-22(17)11-14-7-8-18(24)16(20)10-14/h2-8,10,12-13,23-24H,9,11H2,1H3. The summed E-state index contributed by atoms with van der Waals surface area (Å²) in [6.45, 7) is 2.14. The van der Waals surface area contributed by atoms with Gasteiger partial charge in [0.15, 0.2) is 11.6 Å². The van der Waals surface area contributed by atoms with Crippen LogP contribution in [0.3, 0.4) is 0 Å². The van der Waals surface area contributed by atoms with Crippen LogP contribution < -0.4 is 0 Å². The molecule has 2 aromatic carbocycles. The van der Waals surface area contributed by atoms with E-state index in [1.54, 1.807) is 19.3 Å². The van der Waals surface area contributed by atoms with E-state index in [1.807, 2.05) is 34.9 Å². The highest BCUT2D eigenvalue weighted by molar-refractivity contribution is 5.62. The first-order chi connectivity index (χ1) is 11.5. The molecule has 0 saturated carbocycles. The normalized spacial score (nSPS) is 12.3. The summed E-state index contributed by atoms with van der Waals surface area (Å²) in [5, 5.41) is 19.1. The van der Waals surface area contributed by atoms with Gasteiger partial charge in [-0.1, -0.05) is 36.4 Å². The van der Waals surface area contributed by atoms with Gasteiger partial charge < -0.3 is 14.8 Å². The van der Waals surface area contributed by atoms with Crippen LogP contribution in [0.5, 0.6) is 5.75 Å².